The van der Waals surface area contributed by atoms with E-state index in [1.807, 2.05) is 6.07 Å². The lowest BCUT2D eigenvalue weighted by Gasteiger charge is -2.39. The number of nitrogens with zero attached hydrogens (tertiary/aromatic N) is 2. The molecule has 270 valence electrons. The summed E-state index contributed by atoms with van der Waals surface area (Å²) in [5, 5.41) is 4.90. The summed E-state index contributed by atoms with van der Waals surface area (Å²) in [4.78, 5) is 10.7. The molecule has 12 rings (SSSR count). The van der Waals surface area contributed by atoms with Gasteiger partial charge < -0.3 is 4.74 Å². The quantitative estimate of drug-likeness (QED) is 0.169. The van der Waals surface area contributed by atoms with Crippen molar-refractivity contribution in [3.63, 3.8) is 0 Å². The monoisotopic (exact) mass is 738 g/mol. The van der Waals surface area contributed by atoms with Crippen molar-refractivity contribution in [3.05, 3.63) is 229 Å². The molecule has 0 radical (unpaired) electrons. The molecule has 1 aliphatic carbocycles. The molecule has 0 N–H and O–H groups in total. The van der Waals surface area contributed by atoms with Crippen LogP contribution < -0.4 is 4.74 Å². The Balaban J connectivity index is 1.06. The largest absolute Gasteiger partial charge is 0.457 e. The molecule has 58 heavy (non-hydrogen) atoms. The van der Waals surface area contributed by atoms with Crippen LogP contribution in [-0.2, 0) is 5.41 Å². The highest BCUT2D eigenvalue weighted by Crippen LogP contribution is 2.62. The number of benzene rings is 9. The highest BCUT2D eigenvalue weighted by Gasteiger charge is 2.51. The first-order valence-electron chi connectivity index (χ1n) is 19.8. The summed E-state index contributed by atoms with van der Waals surface area (Å²) in [5.41, 5.74) is 13.7. The van der Waals surface area contributed by atoms with Gasteiger partial charge in [-0.25, -0.2) is 9.97 Å². The van der Waals surface area contributed by atoms with Gasteiger partial charge in [0.05, 0.1) is 16.8 Å². The molecule has 0 saturated carbocycles. The molecule has 0 bridgehead atoms. The Bertz CT molecular complexity index is 3230. The Hall–Kier alpha value is -7.62. The Kier molecular flexibility index (Phi) is 7.14. The molecule has 1 spiro atoms. The van der Waals surface area contributed by atoms with Gasteiger partial charge in [-0.05, 0) is 85.3 Å². The maximum atomic E-state index is 6.76. The summed E-state index contributed by atoms with van der Waals surface area (Å²) in [6.45, 7) is 0. The fourth-order valence-corrected chi connectivity index (χ4v) is 9.60. The van der Waals surface area contributed by atoms with Crippen molar-refractivity contribution in [3.8, 4) is 67.7 Å². The van der Waals surface area contributed by atoms with Crippen molar-refractivity contribution < 1.29 is 4.74 Å². The zero-order valence-electron chi connectivity index (χ0n) is 31.4. The molecule has 0 unspecified atom stereocenters. The zero-order valence-corrected chi connectivity index (χ0v) is 31.4. The van der Waals surface area contributed by atoms with E-state index in [-0.39, 0.29) is 0 Å². The fourth-order valence-electron chi connectivity index (χ4n) is 9.60. The summed E-state index contributed by atoms with van der Waals surface area (Å²) < 4.78 is 6.76. The Morgan fingerprint density at radius 1 is 0.328 bits per heavy atom. The van der Waals surface area contributed by atoms with Crippen molar-refractivity contribution in [1.29, 1.82) is 0 Å². The Labute approximate surface area is 336 Å². The predicted octanol–water partition coefficient (Wildman–Crippen LogP) is 13.9. The maximum absolute atomic E-state index is 6.76. The van der Waals surface area contributed by atoms with Crippen molar-refractivity contribution in [2.45, 2.75) is 5.41 Å². The van der Waals surface area contributed by atoms with Crippen LogP contribution in [0.4, 0.5) is 0 Å². The number of ether oxygens (including phenoxy) is 1. The van der Waals surface area contributed by atoms with Crippen LogP contribution in [0.15, 0.2) is 206 Å². The molecule has 2 aliphatic rings. The van der Waals surface area contributed by atoms with E-state index in [9.17, 15) is 0 Å². The van der Waals surface area contributed by atoms with E-state index in [0.29, 0.717) is 5.82 Å². The van der Waals surface area contributed by atoms with Crippen molar-refractivity contribution in [1.82, 2.24) is 9.97 Å². The van der Waals surface area contributed by atoms with Crippen LogP contribution in [0.1, 0.15) is 22.3 Å². The summed E-state index contributed by atoms with van der Waals surface area (Å²) in [7, 11) is 0. The van der Waals surface area contributed by atoms with Gasteiger partial charge in [-0.3, -0.25) is 0 Å². The third-order valence-corrected chi connectivity index (χ3v) is 12.2. The number of aromatic nitrogens is 2. The first-order chi connectivity index (χ1) is 28.7. The number of hydrogen-bond acceptors (Lipinski definition) is 3. The number of hydrogen-bond donors (Lipinski definition) is 0. The minimum atomic E-state index is -0.555. The SMILES string of the molecule is c1ccc(-c2cc(-c3ccc4c(ccc5ccccc54)c3)nc(-c3ccccc3-c3ccc4c(c3)C3(c5ccccc5O4)c4ccccc4-c4ccccc43)n2)cc1. The van der Waals surface area contributed by atoms with Crippen molar-refractivity contribution in [2.75, 3.05) is 0 Å². The van der Waals surface area contributed by atoms with E-state index in [2.05, 4.69) is 200 Å². The molecule has 0 atom stereocenters. The Morgan fingerprint density at radius 2 is 0.897 bits per heavy atom. The minimum absolute atomic E-state index is 0.555. The third-order valence-electron chi connectivity index (χ3n) is 12.2. The van der Waals surface area contributed by atoms with Gasteiger partial charge in [-0.1, -0.05) is 176 Å². The summed E-state index contributed by atoms with van der Waals surface area (Å²) in [6, 6.07) is 73.6. The lowest BCUT2D eigenvalue weighted by molar-refractivity contribution is 0.436. The minimum Gasteiger partial charge on any atom is -0.457 e. The molecule has 0 fully saturated rings. The second-order valence-electron chi connectivity index (χ2n) is 15.2. The maximum Gasteiger partial charge on any atom is 0.161 e. The van der Waals surface area contributed by atoms with Crippen LogP contribution in [0, 0.1) is 0 Å². The second kappa shape index (κ2) is 12.7. The summed E-state index contributed by atoms with van der Waals surface area (Å²) in [6.07, 6.45) is 0. The molecule has 2 heterocycles. The van der Waals surface area contributed by atoms with Crippen molar-refractivity contribution in [2.24, 2.45) is 0 Å². The normalized spacial score (nSPS) is 13.1. The standard InChI is InChI=1S/C55H34N2O/c1-2-15-36(16-3-1)50-34-51(39-28-30-42-37(32-39)27-26-35-14-4-5-17-40(35)42)57-54(56-50)45-21-7-6-18-41(45)38-29-31-53-49(33-38)55(48-24-12-13-25-52(48)58-53)46-22-10-8-19-43(46)44-20-9-11-23-47(44)55/h1-34H. The van der Waals surface area contributed by atoms with Gasteiger partial charge in [0.2, 0.25) is 0 Å². The van der Waals surface area contributed by atoms with Gasteiger partial charge in [0.1, 0.15) is 11.5 Å². The highest BCUT2D eigenvalue weighted by molar-refractivity contribution is 6.08. The van der Waals surface area contributed by atoms with Gasteiger partial charge in [-0.15, -0.1) is 0 Å². The number of para-hydroxylation sites is 1. The van der Waals surface area contributed by atoms with Crippen LogP contribution in [0.2, 0.25) is 0 Å². The van der Waals surface area contributed by atoms with E-state index in [1.165, 1.54) is 43.8 Å². The predicted molar refractivity (Wildman–Crippen MR) is 236 cm³/mol. The third kappa shape index (κ3) is 4.80. The van der Waals surface area contributed by atoms with Crippen LogP contribution in [0.3, 0.4) is 0 Å². The van der Waals surface area contributed by atoms with E-state index in [1.54, 1.807) is 0 Å². The summed E-state index contributed by atoms with van der Waals surface area (Å²) >= 11 is 0. The molecule has 0 saturated heterocycles. The van der Waals surface area contributed by atoms with Gasteiger partial charge in [0.15, 0.2) is 5.82 Å². The molecular formula is C55H34N2O. The second-order valence-corrected chi connectivity index (χ2v) is 15.2. The Morgan fingerprint density at radius 3 is 1.69 bits per heavy atom. The van der Waals surface area contributed by atoms with Gasteiger partial charge >= 0.3 is 0 Å². The van der Waals surface area contributed by atoms with Gasteiger partial charge in [0.25, 0.3) is 0 Å². The summed E-state index contributed by atoms with van der Waals surface area (Å²) in [5.74, 6) is 2.42. The number of rotatable bonds is 4. The molecule has 1 aliphatic heterocycles. The van der Waals surface area contributed by atoms with Crippen LogP contribution in [0.25, 0.3) is 77.7 Å². The first-order valence-corrected chi connectivity index (χ1v) is 19.8. The number of fused-ring (bicyclic) bond motifs is 12. The molecule has 9 aromatic carbocycles. The van der Waals surface area contributed by atoms with Crippen LogP contribution in [0.5, 0.6) is 11.5 Å². The smallest absolute Gasteiger partial charge is 0.161 e. The molecular weight excluding hydrogens is 705 g/mol. The molecule has 10 aromatic rings. The highest BCUT2D eigenvalue weighted by atomic mass is 16.5. The van der Waals surface area contributed by atoms with Crippen LogP contribution >= 0.6 is 0 Å². The molecule has 3 heteroatoms. The van der Waals surface area contributed by atoms with E-state index in [4.69, 9.17) is 14.7 Å². The first kappa shape index (κ1) is 32.6. The average Bonchev–Trinajstić information content (AvgIpc) is 3.59. The van der Waals surface area contributed by atoms with E-state index in [0.717, 1.165) is 61.8 Å². The van der Waals surface area contributed by atoms with Gasteiger partial charge in [0, 0.05) is 27.8 Å². The van der Waals surface area contributed by atoms with E-state index < -0.39 is 5.41 Å². The zero-order chi connectivity index (χ0) is 38.2. The topological polar surface area (TPSA) is 35.0 Å². The van der Waals surface area contributed by atoms with Crippen molar-refractivity contribution >= 4 is 21.5 Å². The molecule has 1 aromatic heterocycles. The lowest BCUT2D eigenvalue weighted by Crippen LogP contribution is -2.32. The lowest BCUT2D eigenvalue weighted by atomic mass is 9.65. The van der Waals surface area contributed by atoms with E-state index >= 15 is 0 Å². The average molecular weight is 739 g/mol. The van der Waals surface area contributed by atoms with Gasteiger partial charge in [-0.2, -0.15) is 0 Å². The fraction of sp³-hybridized carbons (Fsp3) is 0.0182. The molecule has 3 nitrogen and oxygen atoms in total. The molecule has 0 amide bonds. The van der Waals surface area contributed by atoms with Crippen LogP contribution in [-0.4, -0.2) is 9.97 Å².